The van der Waals surface area contributed by atoms with Crippen LogP contribution in [0.25, 0.3) is 11.2 Å². The molecule has 2 aromatic heterocycles. The third-order valence-corrected chi connectivity index (χ3v) is 4.71. The minimum atomic E-state index is 0.482. The average Bonchev–Trinajstić information content (AvgIpc) is 2.98. The first kappa shape index (κ1) is 15.1. The van der Waals surface area contributed by atoms with Crippen LogP contribution in [0, 0.1) is 6.92 Å². The molecule has 0 amide bonds. The molecular formula is C18H22N6. The first-order valence-corrected chi connectivity index (χ1v) is 8.61. The summed E-state index contributed by atoms with van der Waals surface area (Å²) in [6, 6.07) is 10.8. The molecule has 1 aliphatic heterocycles. The average molecular weight is 322 g/mol. The maximum atomic E-state index is 4.69. The monoisotopic (exact) mass is 322 g/mol. The summed E-state index contributed by atoms with van der Waals surface area (Å²) in [7, 11) is 0. The molecule has 0 bridgehead atoms. The van der Waals surface area contributed by atoms with Crippen LogP contribution in [0.2, 0.25) is 0 Å². The molecule has 6 nitrogen and oxygen atoms in total. The Balaban J connectivity index is 1.77. The lowest BCUT2D eigenvalue weighted by Crippen LogP contribution is -2.38. The van der Waals surface area contributed by atoms with E-state index in [0.717, 1.165) is 29.4 Å². The topological polar surface area (TPSA) is 59.7 Å². The minimum absolute atomic E-state index is 0.482. The number of aromatic nitrogens is 5. The summed E-state index contributed by atoms with van der Waals surface area (Å²) < 4.78 is 1.87. The second kappa shape index (κ2) is 6.19. The number of hydrogen-bond donors (Lipinski definition) is 0. The number of rotatable bonds is 3. The van der Waals surface area contributed by atoms with Crippen molar-refractivity contribution in [2.45, 2.75) is 45.7 Å². The standard InChI is InChI=1S/C18H22N6/c1-13-8-6-7-11-23(13)17-16-18(20-14(2)19-17)24(22-21-16)12-15-9-4-3-5-10-15/h3-5,9-10,13H,6-8,11-12H2,1-2H3. The molecule has 1 saturated heterocycles. The quantitative estimate of drug-likeness (QED) is 0.742. The fraction of sp³-hybridized carbons (Fsp3) is 0.444. The maximum Gasteiger partial charge on any atom is 0.184 e. The molecule has 0 radical (unpaired) electrons. The minimum Gasteiger partial charge on any atom is -0.352 e. The van der Waals surface area contributed by atoms with Crippen LogP contribution in [-0.4, -0.2) is 37.5 Å². The van der Waals surface area contributed by atoms with E-state index in [2.05, 4.69) is 39.3 Å². The predicted molar refractivity (Wildman–Crippen MR) is 94.1 cm³/mol. The molecule has 1 atom stereocenters. The van der Waals surface area contributed by atoms with E-state index in [0.29, 0.717) is 12.6 Å². The molecule has 0 aliphatic carbocycles. The lowest BCUT2D eigenvalue weighted by atomic mass is 10.0. The van der Waals surface area contributed by atoms with Gasteiger partial charge in [0.15, 0.2) is 17.0 Å². The van der Waals surface area contributed by atoms with Crippen LogP contribution in [0.4, 0.5) is 5.82 Å². The Morgan fingerprint density at radius 1 is 1.12 bits per heavy atom. The van der Waals surface area contributed by atoms with Gasteiger partial charge in [-0.15, -0.1) is 5.10 Å². The molecule has 24 heavy (non-hydrogen) atoms. The third-order valence-electron chi connectivity index (χ3n) is 4.71. The van der Waals surface area contributed by atoms with E-state index >= 15 is 0 Å². The number of aryl methyl sites for hydroxylation is 1. The van der Waals surface area contributed by atoms with Gasteiger partial charge in [-0.1, -0.05) is 35.5 Å². The van der Waals surface area contributed by atoms with Crippen molar-refractivity contribution in [3.8, 4) is 0 Å². The maximum absolute atomic E-state index is 4.69. The Bertz CT molecular complexity index is 841. The second-order valence-electron chi connectivity index (χ2n) is 6.54. The summed E-state index contributed by atoms with van der Waals surface area (Å²) in [5.74, 6) is 1.70. The molecule has 1 aromatic carbocycles. The fourth-order valence-electron chi connectivity index (χ4n) is 3.42. The number of piperidine rings is 1. The molecular weight excluding hydrogens is 300 g/mol. The van der Waals surface area contributed by atoms with E-state index in [9.17, 15) is 0 Å². The van der Waals surface area contributed by atoms with Gasteiger partial charge in [0.1, 0.15) is 5.82 Å². The number of fused-ring (bicyclic) bond motifs is 1. The van der Waals surface area contributed by atoms with Gasteiger partial charge in [0.25, 0.3) is 0 Å². The highest BCUT2D eigenvalue weighted by Crippen LogP contribution is 2.28. The molecule has 0 spiro atoms. The highest BCUT2D eigenvalue weighted by molar-refractivity contribution is 5.83. The Labute approximate surface area is 141 Å². The summed E-state index contributed by atoms with van der Waals surface area (Å²) in [5.41, 5.74) is 2.82. The number of nitrogens with zero attached hydrogens (tertiary/aromatic N) is 6. The van der Waals surface area contributed by atoms with Crippen molar-refractivity contribution in [2.24, 2.45) is 0 Å². The van der Waals surface area contributed by atoms with Crippen molar-refractivity contribution >= 4 is 17.0 Å². The molecule has 3 aromatic rings. The summed E-state index contributed by atoms with van der Waals surface area (Å²) in [6.07, 6.45) is 3.68. The van der Waals surface area contributed by atoms with Gasteiger partial charge in [0.2, 0.25) is 0 Å². The van der Waals surface area contributed by atoms with Gasteiger partial charge in [-0.2, -0.15) is 0 Å². The molecule has 1 unspecified atom stereocenters. The molecule has 124 valence electrons. The summed E-state index contributed by atoms with van der Waals surface area (Å²) in [4.78, 5) is 11.7. The van der Waals surface area contributed by atoms with Gasteiger partial charge in [-0.05, 0) is 38.7 Å². The van der Waals surface area contributed by atoms with Crippen LogP contribution >= 0.6 is 0 Å². The molecule has 4 rings (SSSR count). The van der Waals surface area contributed by atoms with Gasteiger partial charge in [-0.3, -0.25) is 0 Å². The van der Waals surface area contributed by atoms with Gasteiger partial charge in [-0.25, -0.2) is 14.6 Å². The zero-order chi connectivity index (χ0) is 16.5. The highest BCUT2D eigenvalue weighted by Gasteiger charge is 2.24. The Morgan fingerprint density at radius 2 is 1.96 bits per heavy atom. The third kappa shape index (κ3) is 2.72. The zero-order valence-corrected chi connectivity index (χ0v) is 14.2. The van der Waals surface area contributed by atoms with Crippen molar-refractivity contribution in [1.82, 2.24) is 25.0 Å². The first-order valence-electron chi connectivity index (χ1n) is 8.61. The van der Waals surface area contributed by atoms with Crippen LogP contribution in [0.1, 0.15) is 37.6 Å². The van der Waals surface area contributed by atoms with E-state index in [-0.39, 0.29) is 0 Å². The number of hydrogen-bond acceptors (Lipinski definition) is 5. The van der Waals surface area contributed by atoms with E-state index < -0.39 is 0 Å². The van der Waals surface area contributed by atoms with Crippen LogP contribution in [-0.2, 0) is 6.54 Å². The Morgan fingerprint density at radius 3 is 2.75 bits per heavy atom. The lowest BCUT2D eigenvalue weighted by molar-refractivity contribution is 0.481. The SMILES string of the molecule is Cc1nc(N2CCCCC2C)c2nnn(Cc3ccccc3)c2n1. The smallest absolute Gasteiger partial charge is 0.184 e. The molecule has 0 N–H and O–H groups in total. The van der Waals surface area contributed by atoms with Crippen molar-refractivity contribution in [1.29, 1.82) is 0 Å². The molecule has 0 saturated carbocycles. The van der Waals surface area contributed by atoms with Gasteiger partial charge < -0.3 is 4.90 Å². The zero-order valence-electron chi connectivity index (χ0n) is 14.2. The van der Waals surface area contributed by atoms with Crippen molar-refractivity contribution in [2.75, 3.05) is 11.4 Å². The first-order chi connectivity index (χ1) is 11.7. The van der Waals surface area contributed by atoms with E-state index in [1.807, 2.05) is 29.8 Å². The van der Waals surface area contributed by atoms with Crippen LogP contribution in [0.15, 0.2) is 30.3 Å². The molecule has 6 heteroatoms. The summed E-state index contributed by atoms with van der Waals surface area (Å²) in [6.45, 7) is 5.90. The van der Waals surface area contributed by atoms with E-state index in [4.69, 9.17) is 4.98 Å². The molecule has 3 heterocycles. The molecule has 1 aliphatic rings. The number of benzene rings is 1. The van der Waals surface area contributed by atoms with Gasteiger partial charge >= 0.3 is 0 Å². The van der Waals surface area contributed by atoms with Crippen molar-refractivity contribution in [3.05, 3.63) is 41.7 Å². The Kier molecular flexibility index (Phi) is 3.88. The van der Waals surface area contributed by atoms with Crippen LogP contribution in [0.3, 0.4) is 0 Å². The summed E-state index contributed by atoms with van der Waals surface area (Å²) in [5, 5.41) is 8.76. The van der Waals surface area contributed by atoms with Crippen LogP contribution in [0.5, 0.6) is 0 Å². The summed E-state index contributed by atoms with van der Waals surface area (Å²) >= 11 is 0. The molecule has 1 fully saturated rings. The second-order valence-corrected chi connectivity index (χ2v) is 6.54. The van der Waals surface area contributed by atoms with Crippen molar-refractivity contribution < 1.29 is 0 Å². The van der Waals surface area contributed by atoms with Gasteiger partial charge in [0.05, 0.1) is 6.54 Å². The highest BCUT2D eigenvalue weighted by atomic mass is 15.5. The largest absolute Gasteiger partial charge is 0.352 e. The normalized spacial score (nSPS) is 18.2. The predicted octanol–water partition coefficient (Wildman–Crippen LogP) is 2.96. The Hall–Kier alpha value is -2.50. The van der Waals surface area contributed by atoms with Crippen molar-refractivity contribution in [3.63, 3.8) is 0 Å². The van der Waals surface area contributed by atoms with Gasteiger partial charge in [0, 0.05) is 12.6 Å². The van der Waals surface area contributed by atoms with Crippen LogP contribution < -0.4 is 4.90 Å². The van der Waals surface area contributed by atoms with E-state index in [1.165, 1.54) is 24.8 Å². The number of anilines is 1. The van der Waals surface area contributed by atoms with E-state index in [1.54, 1.807) is 0 Å². The fourth-order valence-corrected chi connectivity index (χ4v) is 3.42. The lowest BCUT2D eigenvalue weighted by Gasteiger charge is -2.34.